The first-order valence-corrected chi connectivity index (χ1v) is 8.15. The van der Waals surface area contributed by atoms with Crippen LogP contribution in [-0.4, -0.2) is 30.1 Å². The Bertz CT molecular complexity index is 972. The van der Waals surface area contributed by atoms with Crippen LogP contribution in [0.2, 0.25) is 0 Å². The van der Waals surface area contributed by atoms with Gasteiger partial charge in [-0.1, -0.05) is 19.1 Å². The molecule has 0 saturated heterocycles. The van der Waals surface area contributed by atoms with Gasteiger partial charge in [0, 0.05) is 17.7 Å². The van der Waals surface area contributed by atoms with E-state index in [1.165, 1.54) is 0 Å². The number of carbonyl (C=O) groups is 1. The minimum atomic E-state index is -0.654. The lowest BCUT2D eigenvalue weighted by Crippen LogP contribution is -2.17. The standard InChI is InChI=1S/C19H20N4O3/c1-4-12-15(9-11(25-2)10-16(12)26-3)23-19-17(18(20)24)21-13-7-5-6-8-14(13)22-19/h5-10H,4H2,1-3H3,(H2,20,24)(H,22,23). The zero-order chi connectivity index (χ0) is 18.7. The lowest BCUT2D eigenvalue weighted by molar-refractivity contribution is 0.0996. The number of aromatic nitrogens is 2. The highest BCUT2D eigenvalue weighted by molar-refractivity contribution is 5.98. The largest absolute Gasteiger partial charge is 0.497 e. The molecule has 0 saturated carbocycles. The summed E-state index contributed by atoms with van der Waals surface area (Å²) in [4.78, 5) is 20.8. The first kappa shape index (κ1) is 17.5. The molecule has 0 radical (unpaired) electrons. The van der Waals surface area contributed by atoms with Crippen LogP contribution in [0.1, 0.15) is 23.0 Å². The number of rotatable bonds is 6. The van der Waals surface area contributed by atoms with Crippen molar-refractivity contribution in [2.45, 2.75) is 13.3 Å². The van der Waals surface area contributed by atoms with Gasteiger partial charge < -0.3 is 20.5 Å². The van der Waals surface area contributed by atoms with Gasteiger partial charge in [-0.3, -0.25) is 4.79 Å². The van der Waals surface area contributed by atoms with E-state index in [0.29, 0.717) is 34.8 Å². The Morgan fingerprint density at radius 3 is 2.38 bits per heavy atom. The Kier molecular flexibility index (Phi) is 4.88. The Balaban J connectivity index is 2.16. The molecule has 0 aliphatic carbocycles. The first-order valence-electron chi connectivity index (χ1n) is 8.15. The Morgan fingerprint density at radius 2 is 1.81 bits per heavy atom. The van der Waals surface area contributed by atoms with E-state index in [4.69, 9.17) is 15.2 Å². The maximum absolute atomic E-state index is 11.9. The number of methoxy groups -OCH3 is 2. The fraction of sp³-hybridized carbons (Fsp3) is 0.211. The van der Waals surface area contributed by atoms with Crippen LogP contribution < -0.4 is 20.5 Å². The summed E-state index contributed by atoms with van der Waals surface area (Å²) in [5.74, 6) is 0.944. The topological polar surface area (TPSA) is 99.4 Å². The number of ether oxygens (including phenoxy) is 2. The Hall–Kier alpha value is -3.35. The third kappa shape index (κ3) is 3.23. The van der Waals surface area contributed by atoms with Crippen LogP contribution in [0.4, 0.5) is 11.5 Å². The van der Waals surface area contributed by atoms with E-state index in [1.807, 2.05) is 37.3 Å². The van der Waals surface area contributed by atoms with E-state index in [0.717, 1.165) is 11.3 Å². The number of anilines is 2. The highest BCUT2D eigenvalue weighted by Gasteiger charge is 2.17. The molecule has 1 amide bonds. The van der Waals surface area contributed by atoms with Gasteiger partial charge in [0.15, 0.2) is 11.5 Å². The Morgan fingerprint density at radius 1 is 1.12 bits per heavy atom. The Labute approximate surface area is 151 Å². The molecule has 3 rings (SSSR count). The van der Waals surface area contributed by atoms with E-state index >= 15 is 0 Å². The molecule has 7 nitrogen and oxygen atoms in total. The van der Waals surface area contributed by atoms with Gasteiger partial charge in [-0.05, 0) is 18.6 Å². The van der Waals surface area contributed by atoms with Gasteiger partial charge in [0.25, 0.3) is 5.91 Å². The van der Waals surface area contributed by atoms with Gasteiger partial charge in [0.1, 0.15) is 11.5 Å². The summed E-state index contributed by atoms with van der Waals surface area (Å²) in [6, 6.07) is 10.9. The fourth-order valence-electron chi connectivity index (χ4n) is 2.78. The van der Waals surface area contributed by atoms with Gasteiger partial charge in [-0.15, -0.1) is 0 Å². The molecular weight excluding hydrogens is 332 g/mol. The van der Waals surface area contributed by atoms with Crippen molar-refractivity contribution in [2.24, 2.45) is 5.73 Å². The predicted molar refractivity (Wildman–Crippen MR) is 100 cm³/mol. The molecule has 7 heteroatoms. The van der Waals surface area contributed by atoms with Crippen molar-refractivity contribution in [1.82, 2.24) is 9.97 Å². The second-order valence-electron chi connectivity index (χ2n) is 5.61. The molecule has 1 aromatic heterocycles. The summed E-state index contributed by atoms with van der Waals surface area (Å²) in [7, 11) is 3.18. The average Bonchev–Trinajstić information content (AvgIpc) is 2.66. The van der Waals surface area contributed by atoms with E-state index in [1.54, 1.807) is 20.3 Å². The van der Waals surface area contributed by atoms with Crippen LogP contribution in [0.5, 0.6) is 11.5 Å². The number of hydrogen-bond donors (Lipinski definition) is 2. The summed E-state index contributed by atoms with van der Waals surface area (Å²) in [5.41, 5.74) is 8.50. The molecule has 2 aromatic carbocycles. The number of nitrogens with zero attached hydrogens (tertiary/aromatic N) is 2. The van der Waals surface area contributed by atoms with Gasteiger partial charge in [-0.2, -0.15) is 0 Å². The van der Waals surface area contributed by atoms with Gasteiger partial charge in [0.05, 0.1) is 30.9 Å². The number of fused-ring (bicyclic) bond motifs is 1. The van der Waals surface area contributed by atoms with E-state index in [9.17, 15) is 4.79 Å². The first-order chi connectivity index (χ1) is 12.6. The van der Waals surface area contributed by atoms with E-state index in [-0.39, 0.29) is 5.69 Å². The van der Waals surface area contributed by atoms with Gasteiger partial charge >= 0.3 is 0 Å². The fourth-order valence-corrected chi connectivity index (χ4v) is 2.78. The number of nitrogens with one attached hydrogen (secondary N) is 1. The molecule has 0 unspecified atom stereocenters. The lowest BCUT2D eigenvalue weighted by Gasteiger charge is -2.17. The summed E-state index contributed by atoms with van der Waals surface area (Å²) < 4.78 is 10.8. The maximum atomic E-state index is 11.9. The second kappa shape index (κ2) is 7.26. The van der Waals surface area contributed by atoms with Crippen molar-refractivity contribution in [3.8, 4) is 11.5 Å². The summed E-state index contributed by atoms with van der Waals surface area (Å²) in [6.45, 7) is 2.01. The van der Waals surface area contributed by atoms with Crippen molar-refractivity contribution < 1.29 is 14.3 Å². The average molecular weight is 352 g/mol. The molecule has 3 aromatic rings. The molecule has 0 aliphatic rings. The van der Waals surface area contributed by atoms with E-state index in [2.05, 4.69) is 15.3 Å². The van der Waals surface area contributed by atoms with Crippen LogP contribution in [0.3, 0.4) is 0 Å². The van der Waals surface area contributed by atoms with Crippen molar-refractivity contribution in [3.63, 3.8) is 0 Å². The van der Waals surface area contributed by atoms with Crippen LogP contribution >= 0.6 is 0 Å². The summed E-state index contributed by atoms with van der Waals surface area (Å²) in [6.07, 6.45) is 0.711. The number of amides is 1. The highest BCUT2D eigenvalue weighted by Crippen LogP contribution is 2.35. The third-order valence-electron chi connectivity index (χ3n) is 4.05. The number of benzene rings is 2. The van der Waals surface area contributed by atoms with Crippen molar-refractivity contribution in [3.05, 3.63) is 47.7 Å². The molecule has 0 atom stereocenters. The molecule has 0 aliphatic heterocycles. The quantitative estimate of drug-likeness (QED) is 0.707. The molecule has 134 valence electrons. The molecule has 26 heavy (non-hydrogen) atoms. The smallest absolute Gasteiger partial charge is 0.271 e. The monoisotopic (exact) mass is 352 g/mol. The lowest BCUT2D eigenvalue weighted by atomic mass is 10.1. The van der Waals surface area contributed by atoms with Crippen LogP contribution in [0.15, 0.2) is 36.4 Å². The third-order valence-corrected chi connectivity index (χ3v) is 4.05. The van der Waals surface area contributed by atoms with Crippen molar-refractivity contribution in [2.75, 3.05) is 19.5 Å². The number of nitrogens with two attached hydrogens (primary N) is 1. The second-order valence-corrected chi connectivity index (χ2v) is 5.61. The molecule has 0 spiro atoms. The summed E-state index contributed by atoms with van der Waals surface area (Å²) >= 11 is 0. The number of para-hydroxylation sites is 2. The molecule has 3 N–H and O–H groups in total. The number of primary amides is 1. The number of carbonyl (C=O) groups excluding carboxylic acids is 1. The van der Waals surface area contributed by atoms with Gasteiger partial charge in [-0.25, -0.2) is 9.97 Å². The number of hydrogen-bond acceptors (Lipinski definition) is 6. The highest BCUT2D eigenvalue weighted by atomic mass is 16.5. The maximum Gasteiger partial charge on any atom is 0.271 e. The molecule has 0 bridgehead atoms. The minimum Gasteiger partial charge on any atom is -0.497 e. The van der Waals surface area contributed by atoms with E-state index < -0.39 is 5.91 Å². The van der Waals surface area contributed by atoms with Crippen molar-refractivity contribution >= 4 is 28.4 Å². The van der Waals surface area contributed by atoms with Gasteiger partial charge in [0.2, 0.25) is 0 Å². The van der Waals surface area contributed by atoms with Crippen LogP contribution in [0.25, 0.3) is 11.0 Å². The molecule has 1 heterocycles. The van der Waals surface area contributed by atoms with Crippen molar-refractivity contribution in [1.29, 1.82) is 0 Å². The predicted octanol–water partition coefficient (Wildman–Crippen LogP) is 3.05. The summed E-state index contributed by atoms with van der Waals surface area (Å²) in [5, 5.41) is 3.18. The normalized spacial score (nSPS) is 10.6. The molecular formula is C19H20N4O3. The van der Waals surface area contributed by atoms with Crippen LogP contribution in [-0.2, 0) is 6.42 Å². The minimum absolute atomic E-state index is 0.0764. The zero-order valence-electron chi connectivity index (χ0n) is 14.9. The van der Waals surface area contributed by atoms with Crippen LogP contribution in [0, 0.1) is 0 Å². The molecule has 0 fully saturated rings. The zero-order valence-corrected chi connectivity index (χ0v) is 14.9. The SMILES string of the molecule is CCc1c(Nc2nc3ccccc3nc2C(N)=O)cc(OC)cc1OC.